The molecule has 1 amide bonds. The molecule has 2 aromatic rings. The third-order valence-corrected chi connectivity index (χ3v) is 4.35. The molecule has 1 N–H and O–H groups in total. The van der Waals surface area contributed by atoms with Crippen molar-refractivity contribution >= 4 is 33.6 Å². The Hall–Kier alpha value is -2.07. The van der Waals surface area contributed by atoms with Crippen LogP contribution in [-0.4, -0.2) is 13.0 Å². The second kappa shape index (κ2) is 8.69. The van der Waals surface area contributed by atoms with Crippen molar-refractivity contribution in [2.75, 3.05) is 12.4 Å². The molecule has 0 aliphatic rings. The van der Waals surface area contributed by atoms with Crippen LogP contribution in [0.1, 0.15) is 30.5 Å². The first-order valence-corrected chi connectivity index (χ1v) is 8.81. The van der Waals surface area contributed by atoms with E-state index in [2.05, 4.69) is 47.2 Å². The van der Waals surface area contributed by atoms with E-state index in [4.69, 9.17) is 4.74 Å². The van der Waals surface area contributed by atoms with Crippen LogP contribution in [-0.2, 0) is 17.6 Å². The van der Waals surface area contributed by atoms with Gasteiger partial charge in [0.1, 0.15) is 5.75 Å². The second-order valence-corrected chi connectivity index (χ2v) is 6.28. The molecule has 24 heavy (non-hydrogen) atoms. The lowest BCUT2D eigenvalue weighted by Gasteiger charge is -2.13. The minimum atomic E-state index is -0.146. The van der Waals surface area contributed by atoms with E-state index >= 15 is 0 Å². The second-order valence-electron chi connectivity index (χ2n) is 5.37. The van der Waals surface area contributed by atoms with E-state index in [1.165, 1.54) is 6.08 Å². The van der Waals surface area contributed by atoms with Crippen molar-refractivity contribution < 1.29 is 9.53 Å². The van der Waals surface area contributed by atoms with E-state index in [-0.39, 0.29) is 5.91 Å². The summed E-state index contributed by atoms with van der Waals surface area (Å²) in [4.78, 5) is 12.4. The predicted molar refractivity (Wildman–Crippen MR) is 104 cm³/mol. The number of methoxy groups -OCH3 is 1. The largest absolute Gasteiger partial charge is 0.496 e. The SMILES string of the molecule is CCc1cccc(CC)c1NC(=O)/C=C/c1cc(Br)ccc1OC. The molecule has 0 atom stereocenters. The molecule has 0 fully saturated rings. The maximum absolute atomic E-state index is 12.4. The maximum Gasteiger partial charge on any atom is 0.248 e. The third-order valence-electron chi connectivity index (χ3n) is 3.85. The molecule has 3 nitrogen and oxygen atoms in total. The fourth-order valence-corrected chi connectivity index (χ4v) is 2.95. The van der Waals surface area contributed by atoms with Crippen molar-refractivity contribution in [2.45, 2.75) is 26.7 Å². The molecule has 126 valence electrons. The van der Waals surface area contributed by atoms with Gasteiger partial charge >= 0.3 is 0 Å². The first-order chi connectivity index (χ1) is 11.6. The molecular formula is C20H22BrNO2. The molecule has 0 aliphatic carbocycles. The number of anilines is 1. The molecule has 0 bridgehead atoms. The van der Waals surface area contributed by atoms with Crippen molar-refractivity contribution in [2.24, 2.45) is 0 Å². The Morgan fingerprint density at radius 3 is 2.42 bits per heavy atom. The Bertz CT molecular complexity index is 731. The Morgan fingerprint density at radius 2 is 1.83 bits per heavy atom. The van der Waals surface area contributed by atoms with E-state index in [1.807, 2.05) is 24.3 Å². The number of benzene rings is 2. The lowest BCUT2D eigenvalue weighted by Crippen LogP contribution is -2.11. The lowest BCUT2D eigenvalue weighted by atomic mass is 10.0. The van der Waals surface area contributed by atoms with Gasteiger partial charge in [0.2, 0.25) is 5.91 Å². The van der Waals surface area contributed by atoms with Crippen LogP contribution in [0.4, 0.5) is 5.69 Å². The lowest BCUT2D eigenvalue weighted by molar-refractivity contribution is -0.111. The zero-order valence-corrected chi connectivity index (χ0v) is 15.8. The number of para-hydroxylation sites is 1. The van der Waals surface area contributed by atoms with Gasteiger partial charge in [-0.25, -0.2) is 0 Å². The van der Waals surface area contributed by atoms with E-state index < -0.39 is 0 Å². The van der Waals surface area contributed by atoms with Crippen LogP contribution >= 0.6 is 15.9 Å². The van der Waals surface area contributed by atoms with E-state index in [9.17, 15) is 4.79 Å². The van der Waals surface area contributed by atoms with Crippen LogP contribution in [0.25, 0.3) is 6.08 Å². The number of carbonyl (C=O) groups excluding carboxylic acids is 1. The van der Waals surface area contributed by atoms with Gasteiger partial charge in [-0.1, -0.05) is 48.0 Å². The molecule has 4 heteroatoms. The van der Waals surface area contributed by atoms with E-state index in [1.54, 1.807) is 13.2 Å². The standard InChI is InChI=1S/C20H22BrNO2/c1-4-14-7-6-8-15(5-2)20(14)22-19(23)12-9-16-13-17(21)10-11-18(16)24-3/h6-13H,4-5H2,1-3H3,(H,22,23)/b12-9+. The summed E-state index contributed by atoms with van der Waals surface area (Å²) in [6.07, 6.45) is 5.06. The van der Waals surface area contributed by atoms with Crippen molar-refractivity contribution in [3.05, 3.63) is 63.6 Å². The number of halogens is 1. The Morgan fingerprint density at radius 1 is 1.17 bits per heavy atom. The van der Waals surface area contributed by atoms with Gasteiger partial charge in [0.05, 0.1) is 7.11 Å². The highest BCUT2D eigenvalue weighted by atomic mass is 79.9. The molecule has 0 radical (unpaired) electrons. The van der Waals surface area contributed by atoms with E-state index in [0.717, 1.165) is 45.4 Å². The number of hydrogen-bond acceptors (Lipinski definition) is 2. The fourth-order valence-electron chi connectivity index (χ4n) is 2.57. The smallest absolute Gasteiger partial charge is 0.248 e. The summed E-state index contributed by atoms with van der Waals surface area (Å²) in [5.74, 6) is 0.582. The Kier molecular flexibility index (Phi) is 6.62. The maximum atomic E-state index is 12.4. The molecular weight excluding hydrogens is 366 g/mol. The first-order valence-electron chi connectivity index (χ1n) is 8.02. The quantitative estimate of drug-likeness (QED) is 0.688. The van der Waals surface area contributed by atoms with Gasteiger partial charge in [-0.05, 0) is 48.2 Å². The van der Waals surface area contributed by atoms with E-state index in [0.29, 0.717) is 0 Å². The van der Waals surface area contributed by atoms with Crippen molar-refractivity contribution in [3.8, 4) is 5.75 Å². The molecule has 2 aromatic carbocycles. The zero-order valence-electron chi connectivity index (χ0n) is 14.2. The van der Waals surface area contributed by atoms with Gasteiger partial charge in [0.25, 0.3) is 0 Å². The summed E-state index contributed by atoms with van der Waals surface area (Å²) in [5, 5.41) is 3.03. The normalized spacial score (nSPS) is 10.8. The van der Waals surface area contributed by atoms with Crippen molar-refractivity contribution in [3.63, 3.8) is 0 Å². The highest BCUT2D eigenvalue weighted by Gasteiger charge is 2.08. The molecule has 2 rings (SSSR count). The van der Waals surface area contributed by atoms with Crippen LogP contribution in [0.15, 0.2) is 46.9 Å². The number of aryl methyl sites for hydroxylation is 2. The highest BCUT2D eigenvalue weighted by Crippen LogP contribution is 2.25. The monoisotopic (exact) mass is 387 g/mol. The number of hydrogen-bond donors (Lipinski definition) is 1. The third kappa shape index (κ3) is 4.48. The van der Waals surface area contributed by atoms with Crippen molar-refractivity contribution in [1.82, 2.24) is 0 Å². The van der Waals surface area contributed by atoms with Crippen LogP contribution in [0.3, 0.4) is 0 Å². The first kappa shape index (κ1) is 18.3. The molecule has 0 saturated carbocycles. The highest BCUT2D eigenvalue weighted by molar-refractivity contribution is 9.10. The minimum absolute atomic E-state index is 0.146. The summed E-state index contributed by atoms with van der Waals surface area (Å²) < 4.78 is 6.26. The molecule has 0 saturated heterocycles. The molecule has 0 unspecified atom stereocenters. The summed E-state index contributed by atoms with van der Waals surface area (Å²) in [6, 6.07) is 11.8. The van der Waals surface area contributed by atoms with Crippen LogP contribution in [0.5, 0.6) is 5.75 Å². The summed E-state index contributed by atoms with van der Waals surface area (Å²) in [6.45, 7) is 4.18. The molecule has 0 heterocycles. The Labute approximate surface area is 151 Å². The zero-order chi connectivity index (χ0) is 17.5. The van der Waals surface area contributed by atoms with Gasteiger partial charge < -0.3 is 10.1 Å². The van der Waals surface area contributed by atoms with Crippen molar-refractivity contribution in [1.29, 1.82) is 0 Å². The molecule has 0 spiro atoms. The number of carbonyl (C=O) groups is 1. The number of ether oxygens (including phenoxy) is 1. The molecule has 0 aromatic heterocycles. The summed E-state index contributed by atoms with van der Waals surface area (Å²) in [7, 11) is 1.62. The van der Waals surface area contributed by atoms with Crippen LogP contribution in [0.2, 0.25) is 0 Å². The average Bonchev–Trinajstić information content (AvgIpc) is 2.60. The van der Waals surface area contributed by atoms with Gasteiger partial charge in [-0.3, -0.25) is 4.79 Å². The molecule has 0 aliphatic heterocycles. The van der Waals surface area contributed by atoms with Gasteiger partial charge in [0, 0.05) is 21.8 Å². The van der Waals surface area contributed by atoms with Crippen LogP contribution < -0.4 is 10.1 Å². The van der Waals surface area contributed by atoms with Crippen LogP contribution in [0, 0.1) is 0 Å². The fraction of sp³-hybridized carbons (Fsp3) is 0.250. The van der Waals surface area contributed by atoms with Gasteiger partial charge in [0.15, 0.2) is 0 Å². The minimum Gasteiger partial charge on any atom is -0.496 e. The average molecular weight is 388 g/mol. The predicted octanol–water partition coefficient (Wildman–Crippen LogP) is 5.23. The Balaban J connectivity index is 2.21. The summed E-state index contributed by atoms with van der Waals surface area (Å²) in [5.41, 5.74) is 4.08. The summed E-state index contributed by atoms with van der Waals surface area (Å²) >= 11 is 3.43. The van der Waals surface area contributed by atoms with Gasteiger partial charge in [-0.2, -0.15) is 0 Å². The van der Waals surface area contributed by atoms with Gasteiger partial charge in [-0.15, -0.1) is 0 Å². The number of rotatable bonds is 6. The number of amides is 1. The number of nitrogens with one attached hydrogen (secondary N) is 1. The topological polar surface area (TPSA) is 38.3 Å².